The maximum Gasteiger partial charge on any atom is 0.272 e. The summed E-state index contributed by atoms with van der Waals surface area (Å²) in [7, 11) is 0. The standard InChI is InChI=1S/C10H9BrN4O/c1-2-3-12-10(16)8-4-9-13-5-7(11)6-15(9)14-8/h2,4-6H,1,3H2,(H,12,16). The van der Waals surface area contributed by atoms with E-state index in [-0.39, 0.29) is 5.91 Å². The number of carbonyl (C=O) groups is 1. The molecule has 0 saturated heterocycles. The Hall–Kier alpha value is -1.69. The summed E-state index contributed by atoms with van der Waals surface area (Å²) >= 11 is 3.28. The van der Waals surface area contributed by atoms with Gasteiger partial charge in [0.2, 0.25) is 0 Å². The molecule has 2 heterocycles. The van der Waals surface area contributed by atoms with Crippen LogP contribution < -0.4 is 5.32 Å². The second kappa shape index (κ2) is 4.44. The van der Waals surface area contributed by atoms with Gasteiger partial charge in [-0.25, -0.2) is 9.50 Å². The highest BCUT2D eigenvalue weighted by Crippen LogP contribution is 2.09. The molecule has 0 aliphatic rings. The van der Waals surface area contributed by atoms with Gasteiger partial charge in [-0.05, 0) is 15.9 Å². The summed E-state index contributed by atoms with van der Waals surface area (Å²) in [4.78, 5) is 15.7. The molecule has 0 saturated carbocycles. The van der Waals surface area contributed by atoms with E-state index in [0.717, 1.165) is 4.47 Å². The minimum Gasteiger partial charge on any atom is -0.347 e. The van der Waals surface area contributed by atoms with Crippen LogP contribution in [0.4, 0.5) is 0 Å². The first-order valence-corrected chi connectivity index (χ1v) is 5.40. The summed E-state index contributed by atoms with van der Waals surface area (Å²) in [5.41, 5.74) is 0.972. The lowest BCUT2D eigenvalue weighted by Crippen LogP contribution is -2.23. The van der Waals surface area contributed by atoms with Crippen LogP contribution in [-0.2, 0) is 0 Å². The number of nitrogens with zero attached hydrogens (tertiary/aromatic N) is 3. The third-order valence-corrected chi connectivity index (χ3v) is 2.33. The fraction of sp³-hybridized carbons (Fsp3) is 0.100. The van der Waals surface area contributed by atoms with Crippen molar-refractivity contribution in [1.29, 1.82) is 0 Å². The second-order valence-corrected chi connectivity index (χ2v) is 4.02. The lowest BCUT2D eigenvalue weighted by Gasteiger charge is -1.96. The Morgan fingerprint density at radius 1 is 1.69 bits per heavy atom. The molecule has 0 radical (unpaired) electrons. The predicted molar refractivity (Wildman–Crippen MR) is 63.2 cm³/mol. The van der Waals surface area contributed by atoms with Gasteiger partial charge in [0.25, 0.3) is 5.91 Å². The first kappa shape index (κ1) is 10.8. The fourth-order valence-electron chi connectivity index (χ4n) is 1.22. The summed E-state index contributed by atoms with van der Waals surface area (Å²) in [6.07, 6.45) is 5.01. The van der Waals surface area contributed by atoms with Crippen molar-refractivity contribution < 1.29 is 4.79 Å². The van der Waals surface area contributed by atoms with Crippen molar-refractivity contribution in [3.63, 3.8) is 0 Å². The molecule has 0 unspecified atom stereocenters. The summed E-state index contributed by atoms with van der Waals surface area (Å²) in [6, 6.07) is 1.63. The van der Waals surface area contributed by atoms with Crippen LogP contribution in [0.1, 0.15) is 10.5 Å². The maximum absolute atomic E-state index is 11.6. The summed E-state index contributed by atoms with van der Waals surface area (Å²) in [6.45, 7) is 3.94. The molecule has 0 fully saturated rings. The van der Waals surface area contributed by atoms with Gasteiger partial charge < -0.3 is 5.32 Å². The number of nitrogens with one attached hydrogen (secondary N) is 1. The van der Waals surface area contributed by atoms with Gasteiger partial charge in [-0.2, -0.15) is 5.10 Å². The zero-order valence-corrected chi connectivity index (χ0v) is 9.94. The quantitative estimate of drug-likeness (QED) is 0.865. The molecule has 2 aromatic rings. The van der Waals surface area contributed by atoms with Gasteiger partial charge in [-0.3, -0.25) is 4.79 Å². The number of rotatable bonds is 3. The van der Waals surface area contributed by atoms with Crippen LogP contribution in [-0.4, -0.2) is 27.0 Å². The smallest absolute Gasteiger partial charge is 0.272 e. The molecule has 0 spiro atoms. The van der Waals surface area contributed by atoms with E-state index >= 15 is 0 Å². The van der Waals surface area contributed by atoms with Gasteiger partial charge in [-0.15, -0.1) is 6.58 Å². The van der Waals surface area contributed by atoms with E-state index in [1.54, 1.807) is 29.1 Å². The summed E-state index contributed by atoms with van der Waals surface area (Å²) < 4.78 is 2.36. The van der Waals surface area contributed by atoms with E-state index in [0.29, 0.717) is 17.9 Å². The van der Waals surface area contributed by atoms with E-state index < -0.39 is 0 Å². The monoisotopic (exact) mass is 280 g/mol. The highest BCUT2D eigenvalue weighted by molar-refractivity contribution is 9.10. The normalized spacial score (nSPS) is 10.3. The number of amides is 1. The molecule has 0 aromatic carbocycles. The Labute approximate surface area is 100 Å². The number of carbonyl (C=O) groups excluding carboxylic acids is 1. The first-order chi connectivity index (χ1) is 7.70. The number of aromatic nitrogens is 3. The molecular weight excluding hydrogens is 272 g/mol. The van der Waals surface area contributed by atoms with E-state index in [1.807, 2.05) is 0 Å². The van der Waals surface area contributed by atoms with Crippen LogP contribution in [0.25, 0.3) is 5.65 Å². The van der Waals surface area contributed by atoms with Gasteiger partial charge in [0, 0.05) is 25.0 Å². The molecule has 0 aliphatic carbocycles. The predicted octanol–water partition coefficient (Wildman–Crippen LogP) is 1.41. The van der Waals surface area contributed by atoms with Crippen LogP contribution in [0.5, 0.6) is 0 Å². The van der Waals surface area contributed by atoms with Crippen LogP contribution in [0.2, 0.25) is 0 Å². The molecule has 2 rings (SSSR count). The van der Waals surface area contributed by atoms with Crippen LogP contribution in [0.15, 0.2) is 35.6 Å². The number of halogens is 1. The van der Waals surface area contributed by atoms with Crippen molar-refractivity contribution >= 4 is 27.5 Å². The second-order valence-electron chi connectivity index (χ2n) is 3.10. The van der Waals surface area contributed by atoms with Gasteiger partial charge in [0.1, 0.15) is 0 Å². The van der Waals surface area contributed by atoms with Crippen molar-refractivity contribution in [2.45, 2.75) is 0 Å². The van der Waals surface area contributed by atoms with Crippen molar-refractivity contribution in [3.8, 4) is 0 Å². The molecule has 0 bridgehead atoms. The van der Waals surface area contributed by atoms with Crippen LogP contribution in [0.3, 0.4) is 0 Å². The molecule has 82 valence electrons. The molecule has 1 N–H and O–H groups in total. The van der Waals surface area contributed by atoms with Gasteiger partial charge >= 0.3 is 0 Å². The summed E-state index contributed by atoms with van der Waals surface area (Å²) in [5.74, 6) is -0.235. The zero-order chi connectivity index (χ0) is 11.5. The van der Waals surface area contributed by atoms with Crippen LogP contribution >= 0.6 is 15.9 Å². The van der Waals surface area contributed by atoms with E-state index in [2.05, 4.69) is 37.9 Å². The molecule has 1 amide bonds. The highest BCUT2D eigenvalue weighted by atomic mass is 79.9. The van der Waals surface area contributed by atoms with Crippen molar-refractivity contribution in [3.05, 3.63) is 41.3 Å². The number of hydrogen-bond donors (Lipinski definition) is 1. The average Bonchev–Trinajstić information content (AvgIpc) is 2.68. The summed E-state index contributed by atoms with van der Waals surface area (Å²) in [5, 5.41) is 6.76. The fourth-order valence-corrected chi connectivity index (χ4v) is 1.52. The number of fused-ring (bicyclic) bond motifs is 1. The van der Waals surface area contributed by atoms with Gasteiger partial charge in [0.05, 0.1) is 4.47 Å². The first-order valence-electron chi connectivity index (χ1n) is 4.61. The minimum absolute atomic E-state index is 0.235. The zero-order valence-electron chi connectivity index (χ0n) is 8.35. The molecule has 6 heteroatoms. The molecule has 0 atom stereocenters. The Kier molecular flexibility index (Phi) is 3.00. The Morgan fingerprint density at radius 2 is 2.50 bits per heavy atom. The molecular formula is C10H9BrN4O. The Bertz CT molecular complexity index is 549. The SMILES string of the molecule is C=CCNC(=O)c1cc2ncc(Br)cn2n1. The topological polar surface area (TPSA) is 59.3 Å². The Morgan fingerprint density at radius 3 is 3.25 bits per heavy atom. The largest absolute Gasteiger partial charge is 0.347 e. The number of hydrogen-bond acceptors (Lipinski definition) is 3. The molecule has 16 heavy (non-hydrogen) atoms. The van der Waals surface area contributed by atoms with Crippen molar-refractivity contribution in [2.24, 2.45) is 0 Å². The van der Waals surface area contributed by atoms with E-state index in [4.69, 9.17) is 0 Å². The van der Waals surface area contributed by atoms with E-state index in [9.17, 15) is 4.79 Å². The minimum atomic E-state index is -0.235. The molecule has 0 aliphatic heterocycles. The van der Waals surface area contributed by atoms with Crippen molar-refractivity contribution in [1.82, 2.24) is 19.9 Å². The lowest BCUT2D eigenvalue weighted by atomic mass is 10.4. The Balaban J connectivity index is 2.32. The van der Waals surface area contributed by atoms with E-state index in [1.165, 1.54) is 0 Å². The third-order valence-electron chi connectivity index (χ3n) is 1.92. The maximum atomic E-state index is 11.6. The third kappa shape index (κ3) is 2.11. The van der Waals surface area contributed by atoms with Crippen LogP contribution in [0, 0.1) is 0 Å². The highest BCUT2D eigenvalue weighted by Gasteiger charge is 2.10. The van der Waals surface area contributed by atoms with Crippen molar-refractivity contribution in [2.75, 3.05) is 6.54 Å². The average molecular weight is 281 g/mol. The van der Waals surface area contributed by atoms with Gasteiger partial charge in [-0.1, -0.05) is 6.08 Å². The van der Waals surface area contributed by atoms with Gasteiger partial charge in [0.15, 0.2) is 11.3 Å². The lowest BCUT2D eigenvalue weighted by molar-refractivity contribution is 0.0952. The molecule has 2 aromatic heterocycles. The molecule has 5 nitrogen and oxygen atoms in total.